The summed E-state index contributed by atoms with van der Waals surface area (Å²) in [6, 6.07) is 4.50. The molecule has 0 spiro atoms. The van der Waals surface area contributed by atoms with Crippen molar-refractivity contribution >= 4 is 11.6 Å². The molecule has 1 saturated heterocycles. The van der Waals surface area contributed by atoms with E-state index in [0.717, 1.165) is 19.4 Å². The molecule has 0 bridgehead atoms. The molecular weight excluding hydrogens is 281 g/mol. The van der Waals surface area contributed by atoms with Crippen LogP contribution < -0.4 is 5.32 Å². The molecule has 1 aromatic carbocycles. The van der Waals surface area contributed by atoms with E-state index in [1.165, 1.54) is 25.0 Å². The lowest BCUT2D eigenvalue weighted by Crippen LogP contribution is -2.21. The summed E-state index contributed by atoms with van der Waals surface area (Å²) in [5, 5.41) is 7.49. The van der Waals surface area contributed by atoms with Crippen LogP contribution in [0.4, 0.5) is 4.39 Å². The molecule has 1 aliphatic rings. The van der Waals surface area contributed by atoms with Gasteiger partial charge >= 0.3 is 0 Å². The number of aromatic nitrogens is 2. The van der Waals surface area contributed by atoms with Gasteiger partial charge in [-0.15, -0.1) is 0 Å². The maximum absolute atomic E-state index is 13.1. The van der Waals surface area contributed by atoms with E-state index in [0.29, 0.717) is 17.3 Å². The van der Waals surface area contributed by atoms with E-state index in [9.17, 15) is 4.39 Å². The average Bonchev–Trinajstić information content (AvgIpc) is 2.78. The third-order valence-corrected chi connectivity index (χ3v) is 3.77. The Kier molecular flexibility index (Phi) is 3.98. The number of hydrogen-bond donors (Lipinski definition) is 1. The second-order valence-corrected chi connectivity index (χ2v) is 5.35. The highest BCUT2D eigenvalue weighted by Gasteiger charge is 2.20. The van der Waals surface area contributed by atoms with Crippen molar-refractivity contribution in [3.8, 4) is 11.5 Å². The number of nitrogens with one attached hydrogen (secondary N) is 1. The first-order valence-electron chi connectivity index (χ1n) is 6.76. The fourth-order valence-corrected chi connectivity index (χ4v) is 2.55. The lowest BCUT2D eigenvalue weighted by Gasteiger charge is -2.09. The van der Waals surface area contributed by atoms with E-state index in [4.69, 9.17) is 16.1 Å². The van der Waals surface area contributed by atoms with Gasteiger partial charge in [0, 0.05) is 5.56 Å². The van der Waals surface area contributed by atoms with Gasteiger partial charge in [-0.1, -0.05) is 29.6 Å². The van der Waals surface area contributed by atoms with Crippen LogP contribution in [0.15, 0.2) is 22.7 Å². The first-order valence-corrected chi connectivity index (χ1v) is 7.14. The minimum atomic E-state index is -0.458. The van der Waals surface area contributed by atoms with Crippen molar-refractivity contribution in [2.24, 2.45) is 0 Å². The van der Waals surface area contributed by atoms with Crippen molar-refractivity contribution in [1.29, 1.82) is 0 Å². The Balaban J connectivity index is 1.83. The van der Waals surface area contributed by atoms with Crippen molar-refractivity contribution < 1.29 is 8.91 Å². The molecule has 0 amide bonds. The van der Waals surface area contributed by atoms with Crippen molar-refractivity contribution in [1.82, 2.24) is 15.5 Å². The van der Waals surface area contributed by atoms with E-state index >= 15 is 0 Å². The number of hydrogen-bond acceptors (Lipinski definition) is 4. The zero-order chi connectivity index (χ0) is 13.9. The summed E-state index contributed by atoms with van der Waals surface area (Å²) in [6.07, 6.45) is 4.56. The number of benzene rings is 1. The van der Waals surface area contributed by atoms with Gasteiger partial charge in [-0.3, -0.25) is 0 Å². The summed E-state index contributed by atoms with van der Waals surface area (Å²) in [5.74, 6) is 0.566. The minimum absolute atomic E-state index is 0.0508. The topological polar surface area (TPSA) is 51.0 Å². The molecule has 106 valence electrons. The highest BCUT2D eigenvalue weighted by molar-refractivity contribution is 6.31. The minimum Gasteiger partial charge on any atom is -0.334 e. The van der Waals surface area contributed by atoms with Gasteiger partial charge in [-0.05, 0) is 37.6 Å². The van der Waals surface area contributed by atoms with Crippen LogP contribution in [0.3, 0.4) is 0 Å². The van der Waals surface area contributed by atoms with Gasteiger partial charge in [0.1, 0.15) is 5.82 Å². The smallest absolute Gasteiger partial charge is 0.258 e. The third-order valence-electron chi connectivity index (χ3n) is 3.48. The molecule has 20 heavy (non-hydrogen) atoms. The monoisotopic (exact) mass is 295 g/mol. The Morgan fingerprint density at radius 3 is 3.05 bits per heavy atom. The predicted octanol–water partition coefficient (Wildman–Crippen LogP) is 3.73. The summed E-state index contributed by atoms with van der Waals surface area (Å²) < 4.78 is 18.4. The molecule has 0 radical (unpaired) electrons. The Morgan fingerprint density at radius 1 is 1.30 bits per heavy atom. The summed E-state index contributed by atoms with van der Waals surface area (Å²) in [4.78, 5) is 4.40. The summed E-state index contributed by atoms with van der Waals surface area (Å²) in [7, 11) is 0. The molecule has 2 aromatic rings. The largest absolute Gasteiger partial charge is 0.334 e. The van der Waals surface area contributed by atoms with Crippen molar-refractivity contribution in [2.75, 3.05) is 6.54 Å². The summed E-state index contributed by atoms with van der Waals surface area (Å²) in [6.45, 7) is 0.969. The maximum Gasteiger partial charge on any atom is 0.258 e. The van der Waals surface area contributed by atoms with Crippen molar-refractivity contribution in [2.45, 2.75) is 31.7 Å². The molecule has 0 saturated carbocycles. The van der Waals surface area contributed by atoms with Gasteiger partial charge in [-0.2, -0.15) is 4.98 Å². The standard InChI is InChI=1S/C14H15ClFN3O/c15-10-8-9(5-6-11(10)16)14-18-13(19-20-14)12-4-2-1-3-7-17-12/h5-6,8,12,17H,1-4,7H2. The molecule has 4 nitrogen and oxygen atoms in total. The third kappa shape index (κ3) is 2.83. The van der Waals surface area contributed by atoms with Crippen LogP contribution in [0, 0.1) is 5.82 Å². The Morgan fingerprint density at radius 2 is 2.20 bits per heavy atom. The second-order valence-electron chi connectivity index (χ2n) is 4.94. The molecule has 1 fully saturated rings. The first kappa shape index (κ1) is 13.5. The highest BCUT2D eigenvalue weighted by atomic mass is 35.5. The van der Waals surface area contributed by atoms with E-state index in [1.54, 1.807) is 6.07 Å². The first-order chi connectivity index (χ1) is 9.74. The summed E-state index contributed by atoms with van der Waals surface area (Å²) >= 11 is 5.76. The fourth-order valence-electron chi connectivity index (χ4n) is 2.37. The molecule has 1 unspecified atom stereocenters. The van der Waals surface area contributed by atoms with E-state index in [-0.39, 0.29) is 11.1 Å². The van der Waals surface area contributed by atoms with Crippen LogP contribution >= 0.6 is 11.6 Å². The SMILES string of the molecule is Fc1ccc(-c2nc(C3CCCCCN3)no2)cc1Cl. The molecule has 1 aromatic heterocycles. The Bertz CT molecular complexity index is 594. The normalized spacial score (nSPS) is 19.8. The van der Waals surface area contributed by atoms with Crippen molar-refractivity contribution in [3.63, 3.8) is 0 Å². The van der Waals surface area contributed by atoms with Gasteiger partial charge in [0.25, 0.3) is 5.89 Å². The Labute approximate surface area is 121 Å². The van der Waals surface area contributed by atoms with E-state index in [2.05, 4.69) is 15.5 Å². The molecule has 0 aliphatic carbocycles. The average molecular weight is 296 g/mol. The van der Waals surface area contributed by atoms with Crippen LogP contribution in [0.2, 0.25) is 5.02 Å². The number of nitrogens with zero attached hydrogens (tertiary/aromatic N) is 2. The predicted molar refractivity (Wildman–Crippen MR) is 73.9 cm³/mol. The van der Waals surface area contributed by atoms with Gasteiger partial charge < -0.3 is 9.84 Å². The maximum atomic E-state index is 13.1. The lowest BCUT2D eigenvalue weighted by atomic mass is 10.1. The molecule has 1 atom stereocenters. The quantitative estimate of drug-likeness (QED) is 0.917. The lowest BCUT2D eigenvalue weighted by molar-refractivity contribution is 0.402. The van der Waals surface area contributed by atoms with Crippen LogP contribution in [-0.2, 0) is 0 Å². The zero-order valence-electron chi connectivity index (χ0n) is 10.9. The fraction of sp³-hybridized carbons (Fsp3) is 0.429. The van der Waals surface area contributed by atoms with Crippen molar-refractivity contribution in [3.05, 3.63) is 34.9 Å². The number of rotatable bonds is 2. The van der Waals surface area contributed by atoms with Gasteiger partial charge in [0.05, 0.1) is 11.1 Å². The van der Waals surface area contributed by atoms with Crippen LogP contribution in [-0.4, -0.2) is 16.7 Å². The molecule has 6 heteroatoms. The van der Waals surface area contributed by atoms with E-state index in [1.807, 2.05) is 0 Å². The summed E-state index contributed by atoms with van der Waals surface area (Å²) in [5.41, 5.74) is 0.628. The molecule has 3 rings (SSSR count). The van der Waals surface area contributed by atoms with Crippen LogP contribution in [0.1, 0.15) is 37.5 Å². The molecule has 1 N–H and O–H groups in total. The molecule has 2 heterocycles. The number of halogens is 2. The van der Waals surface area contributed by atoms with Crippen LogP contribution in [0.25, 0.3) is 11.5 Å². The van der Waals surface area contributed by atoms with Gasteiger partial charge in [-0.25, -0.2) is 4.39 Å². The molecule has 1 aliphatic heterocycles. The van der Waals surface area contributed by atoms with E-state index < -0.39 is 5.82 Å². The Hall–Kier alpha value is -1.46. The van der Waals surface area contributed by atoms with Gasteiger partial charge in [0.15, 0.2) is 5.82 Å². The second kappa shape index (κ2) is 5.89. The van der Waals surface area contributed by atoms with Gasteiger partial charge in [0.2, 0.25) is 0 Å². The zero-order valence-corrected chi connectivity index (χ0v) is 11.7. The highest BCUT2D eigenvalue weighted by Crippen LogP contribution is 2.26. The molecular formula is C14H15ClFN3O. The van der Waals surface area contributed by atoms with Crippen LogP contribution in [0.5, 0.6) is 0 Å².